The van der Waals surface area contributed by atoms with E-state index >= 15 is 0 Å². The Morgan fingerprint density at radius 3 is 3.00 bits per heavy atom. The molecule has 3 unspecified atom stereocenters. The molecular weight excluding hydrogens is 260 g/mol. The van der Waals surface area contributed by atoms with Crippen LogP contribution in [0.5, 0.6) is 0 Å². The fourth-order valence-corrected chi connectivity index (χ4v) is 3.79. The lowest BCUT2D eigenvalue weighted by molar-refractivity contribution is -0.0711. The first kappa shape index (κ1) is 13.4. The van der Waals surface area contributed by atoms with Gasteiger partial charge in [0.2, 0.25) is 0 Å². The van der Waals surface area contributed by atoms with E-state index in [4.69, 9.17) is 22.1 Å². The summed E-state index contributed by atoms with van der Waals surface area (Å²) in [6, 6.07) is 8.78. The fraction of sp³-hybridized carbons (Fsp3) is 0.600. The summed E-state index contributed by atoms with van der Waals surface area (Å²) < 4.78 is 5.88. The predicted molar refractivity (Wildman–Crippen MR) is 77.3 cm³/mol. The van der Waals surface area contributed by atoms with Gasteiger partial charge in [-0.3, -0.25) is 4.90 Å². The SMILES string of the molecule is NCC(c1ccccc1Cl)N1CCOC2CCCC21. The second-order valence-electron chi connectivity index (χ2n) is 5.42. The number of halogens is 1. The number of hydrogen-bond donors (Lipinski definition) is 1. The zero-order chi connectivity index (χ0) is 13.2. The van der Waals surface area contributed by atoms with E-state index in [9.17, 15) is 0 Å². The van der Waals surface area contributed by atoms with Crippen LogP contribution in [-0.4, -0.2) is 36.7 Å². The molecule has 2 aliphatic rings. The maximum Gasteiger partial charge on any atom is 0.0731 e. The molecule has 1 heterocycles. The number of nitrogens with zero attached hydrogens (tertiary/aromatic N) is 1. The molecule has 1 aliphatic heterocycles. The van der Waals surface area contributed by atoms with Gasteiger partial charge >= 0.3 is 0 Å². The average molecular weight is 281 g/mol. The molecule has 0 amide bonds. The van der Waals surface area contributed by atoms with Crippen LogP contribution in [-0.2, 0) is 4.74 Å². The van der Waals surface area contributed by atoms with Crippen LogP contribution >= 0.6 is 11.6 Å². The molecule has 3 nitrogen and oxygen atoms in total. The molecule has 1 aliphatic carbocycles. The van der Waals surface area contributed by atoms with Crippen molar-refractivity contribution in [1.29, 1.82) is 0 Å². The Labute approximate surface area is 119 Å². The molecule has 3 atom stereocenters. The van der Waals surface area contributed by atoms with E-state index in [1.165, 1.54) is 19.3 Å². The van der Waals surface area contributed by atoms with Gasteiger partial charge in [-0.15, -0.1) is 0 Å². The Balaban J connectivity index is 1.87. The van der Waals surface area contributed by atoms with Crippen LogP contribution in [0.3, 0.4) is 0 Å². The van der Waals surface area contributed by atoms with Gasteiger partial charge in [-0.25, -0.2) is 0 Å². The number of hydrogen-bond acceptors (Lipinski definition) is 3. The van der Waals surface area contributed by atoms with E-state index in [0.717, 1.165) is 23.7 Å². The van der Waals surface area contributed by atoms with Crippen molar-refractivity contribution in [3.05, 3.63) is 34.9 Å². The second-order valence-corrected chi connectivity index (χ2v) is 5.83. The number of morpholine rings is 1. The van der Waals surface area contributed by atoms with E-state index in [2.05, 4.69) is 11.0 Å². The van der Waals surface area contributed by atoms with Crippen molar-refractivity contribution in [2.45, 2.75) is 37.5 Å². The summed E-state index contributed by atoms with van der Waals surface area (Å²) in [6.45, 7) is 2.36. The van der Waals surface area contributed by atoms with E-state index in [1.54, 1.807) is 0 Å². The minimum absolute atomic E-state index is 0.211. The van der Waals surface area contributed by atoms with Crippen molar-refractivity contribution in [1.82, 2.24) is 4.90 Å². The minimum Gasteiger partial charge on any atom is -0.375 e. The summed E-state index contributed by atoms with van der Waals surface area (Å²) >= 11 is 6.35. The summed E-state index contributed by atoms with van der Waals surface area (Å²) in [5.41, 5.74) is 7.20. The van der Waals surface area contributed by atoms with Crippen molar-refractivity contribution >= 4 is 11.6 Å². The van der Waals surface area contributed by atoms with Crippen LogP contribution in [0.4, 0.5) is 0 Å². The highest BCUT2D eigenvalue weighted by atomic mass is 35.5. The lowest BCUT2D eigenvalue weighted by atomic mass is 10.0. The van der Waals surface area contributed by atoms with Crippen LogP contribution < -0.4 is 5.73 Å². The highest BCUT2D eigenvalue weighted by molar-refractivity contribution is 6.31. The number of nitrogens with two attached hydrogens (primary N) is 1. The van der Waals surface area contributed by atoms with Gasteiger partial charge in [0.15, 0.2) is 0 Å². The summed E-state index contributed by atoms with van der Waals surface area (Å²) in [6.07, 6.45) is 4.04. The molecule has 1 aromatic rings. The number of ether oxygens (including phenoxy) is 1. The highest BCUT2D eigenvalue weighted by Crippen LogP contribution is 2.36. The molecule has 0 radical (unpaired) electrons. The molecule has 104 valence electrons. The number of rotatable bonds is 3. The maximum absolute atomic E-state index is 6.35. The van der Waals surface area contributed by atoms with Crippen LogP contribution in [0.15, 0.2) is 24.3 Å². The summed E-state index contributed by atoms with van der Waals surface area (Å²) in [7, 11) is 0. The third-order valence-corrected chi connectivity index (χ3v) is 4.76. The van der Waals surface area contributed by atoms with Crippen LogP contribution in [0.25, 0.3) is 0 Å². The van der Waals surface area contributed by atoms with Crippen LogP contribution in [0.2, 0.25) is 5.02 Å². The third-order valence-electron chi connectivity index (χ3n) is 4.41. The highest BCUT2D eigenvalue weighted by Gasteiger charge is 2.39. The monoisotopic (exact) mass is 280 g/mol. The van der Waals surface area contributed by atoms with E-state index in [1.807, 2.05) is 18.2 Å². The molecule has 2 N–H and O–H groups in total. The molecule has 0 aromatic heterocycles. The molecule has 1 saturated carbocycles. The smallest absolute Gasteiger partial charge is 0.0731 e. The minimum atomic E-state index is 0.211. The molecule has 2 fully saturated rings. The van der Waals surface area contributed by atoms with Crippen molar-refractivity contribution in [3.63, 3.8) is 0 Å². The first-order valence-corrected chi connectivity index (χ1v) is 7.51. The Bertz CT molecular complexity index is 440. The third kappa shape index (κ3) is 2.52. The van der Waals surface area contributed by atoms with Gasteiger partial charge in [0.1, 0.15) is 0 Å². The van der Waals surface area contributed by atoms with Gasteiger partial charge in [0.05, 0.1) is 12.7 Å². The fourth-order valence-electron chi connectivity index (χ4n) is 3.53. The quantitative estimate of drug-likeness (QED) is 0.925. The van der Waals surface area contributed by atoms with Crippen molar-refractivity contribution in [2.24, 2.45) is 5.73 Å². The van der Waals surface area contributed by atoms with Gasteiger partial charge in [-0.2, -0.15) is 0 Å². The first-order valence-electron chi connectivity index (χ1n) is 7.13. The van der Waals surface area contributed by atoms with E-state index < -0.39 is 0 Å². The summed E-state index contributed by atoms with van der Waals surface area (Å²) in [4.78, 5) is 2.52. The van der Waals surface area contributed by atoms with Crippen molar-refractivity contribution in [3.8, 4) is 0 Å². The zero-order valence-electron chi connectivity index (χ0n) is 11.1. The normalized spacial score (nSPS) is 29.2. The molecular formula is C15H21ClN2O. The Kier molecular flexibility index (Phi) is 4.08. The number of fused-ring (bicyclic) bond motifs is 1. The van der Waals surface area contributed by atoms with Gasteiger partial charge < -0.3 is 10.5 Å². The predicted octanol–water partition coefficient (Wildman–Crippen LogP) is 2.59. The van der Waals surface area contributed by atoms with Crippen LogP contribution in [0, 0.1) is 0 Å². The number of benzene rings is 1. The second kappa shape index (κ2) is 5.80. The van der Waals surface area contributed by atoms with Gasteiger partial charge in [-0.05, 0) is 30.9 Å². The molecule has 4 heteroatoms. The Morgan fingerprint density at radius 1 is 1.37 bits per heavy atom. The van der Waals surface area contributed by atoms with Crippen molar-refractivity contribution in [2.75, 3.05) is 19.7 Å². The zero-order valence-corrected chi connectivity index (χ0v) is 11.9. The van der Waals surface area contributed by atoms with Gasteiger partial charge in [-0.1, -0.05) is 29.8 Å². The lowest BCUT2D eigenvalue weighted by Gasteiger charge is -2.42. The molecule has 1 saturated heterocycles. The summed E-state index contributed by atoms with van der Waals surface area (Å²) in [5.74, 6) is 0. The molecule has 19 heavy (non-hydrogen) atoms. The summed E-state index contributed by atoms with van der Waals surface area (Å²) in [5, 5.41) is 0.819. The Hall–Kier alpha value is -0.610. The largest absolute Gasteiger partial charge is 0.375 e. The molecule has 0 spiro atoms. The lowest BCUT2D eigenvalue weighted by Crippen LogP contribution is -2.51. The standard InChI is InChI=1S/C15H21ClN2O/c16-12-5-2-1-4-11(12)14(10-17)18-8-9-19-15-7-3-6-13(15)18/h1-2,4-5,13-15H,3,6-10,17H2. The van der Waals surface area contributed by atoms with Crippen molar-refractivity contribution < 1.29 is 4.74 Å². The molecule has 1 aromatic carbocycles. The molecule has 0 bridgehead atoms. The maximum atomic E-state index is 6.35. The van der Waals surface area contributed by atoms with E-state index in [0.29, 0.717) is 18.7 Å². The van der Waals surface area contributed by atoms with Crippen LogP contribution in [0.1, 0.15) is 30.9 Å². The van der Waals surface area contributed by atoms with Gasteiger partial charge in [0.25, 0.3) is 0 Å². The Morgan fingerprint density at radius 2 is 2.21 bits per heavy atom. The topological polar surface area (TPSA) is 38.5 Å². The average Bonchev–Trinajstić information content (AvgIpc) is 2.91. The first-order chi connectivity index (χ1) is 9.31. The molecule has 3 rings (SSSR count). The van der Waals surface area contributed by atoms with E-state index in [-0.39, 0.29) is 6.04 Å². The van der Waals surface area contributed by atoms with Gasteiger partial charge in [0, 0.05) is 30.2 Å².